The first-order chi connectivity index (χ1) is 12.8. The Bertz CT molecular complexity index is 772. The maximum Gasteiger partial charge on any atom is 0.245 e. The molecule has 0 radical (unpaired) electrons. The number of carbonyl (C=O) groups excluding carboxylic acids is 2. The van der Waals surface area contributed by atoms with Crippen LogP contribution in [0.4, 0.5) is 5.13 Å². The maximum absolute atomic E-state index is 12.0. The lowest BCUT2D eigenvalue weighted by Gasteiger charge is -2.14. The lowest BCUT2D eigenvalue weighted by Crippen LogP contribution is -2.46. The number of hydrogen-bond donors (Lipinski definition) is 3. The SMILES string of the molecule is CC(C)Oc1ccc(-c2csc(NC(=O)CNC(=O)[C@@H](N)C(C)C)n2)cc1. The van der Waals surface area contributed by atoms with Gasteiger partial charge in [0.25, 0.3) is 0 Å². The molecule has 0 aliphatic rings. The summed E-state index contributed by atoms with van der Waals surface area (Å²) in [5, 5.41) is 7.55. The minimum absolute atomic E-state index is 0.00640. The zero-order valence-corrected chi connectivity index (χ0v) is 16.8. The second-order valence-electron chi connectivity index (χ2n) is 6.76. The largest absolute Gasteiger partial charge is 0.491 e. The number of hydrogen-bond acceptors (Lipinski definition) is 6. The van der Waals surface area contributed by atoms with Crippen LogP contribution in [0.2, 0.25) is 0 Å². The summed E-state index contributed by atoms with van der Waals surface area (Å²) in [7, 11) is 0. The fourth-order valence-corrected chi connectivity index (χ4v) is 2.93. The first-order valence-corrected chi connectivity index (χ1v) is 9.70. The summed E-state index contributed by atoms with van der Waals surface area (Å²) in [6.45, 7) is 7.51. The molecule has 1 aromatic heterocycles. The molecule has 2 aromatic rings. The first-order valence-electron chi connectivity index (χ1n) is 8.82. The standard InChI is InChI=1S/C19H26N4O3S/c1-11(2)17(20)18(25)21-9-16(24)23-19-22-15(10-27-19)13-5-7-14(8-6-13)26-12(3)4/h5-8,10-12,17H,9,20H2,1-4H3,(H,21,25)(H,22,23,24)/t17-/m0/s1. The van der Waals surface area contributed by atoms with Crippen molar-refractivity contribution in [3.63, 3.8) is 0 Å². The predicted octanol–water partition coefficient (Wildman–Crippen LogP) is 2.64. The topological polar surface area (TPSA) is 106 Å². The van der Waals surface area contributed by atoms with Crippen LogP contribution >= 0.6 is 11.3 Å². The van der Waals surface area contributed by atoms with Crippen molar-refractivity contribution in [3.8, 4) is 17.0 Å². The number of anilines is 1. The highest BCUT2D eigenvalue weighted by Gasteiger charge is 2.18. The highest BCUT2D eigenvalue weighted by Crippen LogP contribution is 2.26. The van der Waals surface area contributed by atoms with Crippen molar-refractivity contribution in [2.75, 3.05) is 11.9 Å². The summed E-state index contributed by atoms with van der Waals surface area (Å²) in [5.74, 6) is 0.115. The van der Waals surface area contributed by atoms with Gasteiger partial charge in [-0.25, -0.2) is 4.98 Å². The second kappa shape index (κ2) is 9.48. The summed E-state index contributed by atoms with van der Waals surface area (Å²) in [5.41, 5.74) is 7.43. The monoisotopic (exact) mass is 390 g/mol. The van der Waals surface area contributed by atoms with Gasteiger partial charge in [0, 0.05) is 10.9 Å². The number of nitrogens with two attached hydrogens (primary N) is 1. The molecule has 2 rings (SSSR count). The number of rotatable bonds is 8. The molecule has 146 valence electrons. The number of benzene rings is 1. The van der Waals surface area contributed by atoms with Crippen LogP contribution in [0.3, 0.4) is 0 Å². The van der Waals surface area contributed by atoms with Gasteiger partial charge in [-0.2, -0.15) is 0 Å². The fraction of sp³-hybridized carbons (Fsp3) is 0.421. The fourth-order valence-electron chi connectivity index (χ4n) is 2.19. The molecule has 0 fully saturated rings. The number of amides is 2. The van der Waals surface area contributed by atoms with E-state index in [9.17, 15) is 9.59 Å². The summed E-state index contributed by atoms with van der Waals surface area (Å²) in [4.78, 5) is 28.2. The van der Waals surface area contributed by atoms with Crippen LogP contribution in [0.5, 0.6) is 5.75 Å². The molecule has 0 saturated carbocycles. The van der Waals surface area contributed by atoms with Gasteiger partial charge in [-0.1, -0.05) is 13.8 Å². The van der Waals surface area contributed by atoms with Gasteiger partial charge < -0.3 is 21.1 Å². The van der Waals surface area contributed by atoms with E-state index < -0.39 is 6.04 Å². The average molecular weight is 391 g/mol. The van der Waals surface area contributed by atoms with E-state index in [1.54, 1.807) is 0 Å². The minimum atomic E-state index is -0.632. The van der Waals surface area contributed by atoms with Crippen molar-refractivity contribution in [2.45, 2.75) is 39.8 Å². The van der Waals surface area contributed by atoms with Crippen LogP contribution in [0.15, 0.2) is 29.6 Å². The Kier molecular flexibility index (Phi) is 7.32. The maximum atomic E-state index is 12.0. The van der Waals surface area contributed by atoms with Gasteiger partial charge in [0.15, 0.2) is 5.13 Å². The smallest absolute Gasteiger partial charge is 0.245 e. The van der Waals surface area contributed by atoms with Crippen LogP contribution in [0.25, 0.3) is 11.3 Å². The van der Waals surface area contributed by atoms with Gasteiger partial charge in [0.05, 0.1) is 24.4 Å². The Morgan fingerprint density at radius 2 is 1.85 bits per heavy atom. The summed E-state index contributed by atoms with van der Waals surface area (Å²) in [6, 6.07) is 6.99. The summed E-state index contributed by atoms with van der Waals surface area (Å²) < 4.78 is 5.62. The Hall–Kier alpha value is -2.45. The van der Waals surface area contributed by atoms with Gasteiger partial charge in [0.2, 0.25) is 11.8 Å². The van der Waals surface area contributed by atoms with Gasteiger partial charge in [-0.05, 0) is 44.0 Å². The molecule has 7 nitrogen and oxygen atoms in total. The molecule has 4 N–H and O–H groups in total. The molecule has 1 aromatic carbocycles. The lowest BCUT2D eigenvalue weighted by atomic mass is 10.1. The van der Waals surface area contributed by atoms with E-state index in [2.05, 4.69) is 15.6 Å². The highest BCUT2D eigenvalue weighted by molar-refractivity contribution is 7.14. The molecule has 0 saturated heterocycles. The molecule has 0 bridgehead atoms. The molecule has 0 unspecified atom stereocenters. The summed E-state index contributed by atoms with van der Waals surface area (Å²) >= 11 is 1.32. The van der Waals surface area contributed by atoms with Crippen molar-refractivity contribution in [1.29, 1.82) is 0 Å². The summed E-state index contributed by atoms with van der Waals surface area (Å²) in [6.07, 6.45) is 0.118. The molecular weight excluding hydrogens is 364 g/mol. The lowest BCUT2D eigenvalue weighted by molar-refractivity contribution is -0.125. The normalized spacial score (nSPS) is 12.1. The number of nitrogens with one attached hydrogen (secondary N) is 2. The zero-order valence-electron chi connectivity index (χ0n) is 16.0. The number of carbonyl (C=O) groups is 2. The molecule has 2 amide bonds. The van der Waals surface area contributed by atoms with Gasteiger partial charge in [-0.15, -0.1) is 11.3 Å². The van der Waals surface area contributed by atoms with E-state index in [1.165, 1.54) is 11.3 Å². The van der Waals surface area contributed by atoms with Crippen molar-refractivity contribution in [3.05, 3.63) is 29.6 Å². The van der Waals surface area contributed by atoms with E-state index in [-0.39, 0.29) is 30.4 Å². The highest BCUT2D eigenvalue weighted by atomic mass is 32.1. The number of thiazole rings is 1. The molecule has 8 heteroatoms. The van der Waals surface area contributed by atoms with Crippen molar-refractivity contribution in [1.82, 2.24) is 10.3 Å². The van der Waals surface area contributed by atoms with Crippen LogP contribution in [0.1, 0.15) is 27.7 Å². The van der Waals surface area contributed by atoms with Crippen molar-refractivity contribution >= 4 is 28.3 Å². The Labute approximate surface area is 163 Å². The molecule has 27 heavy (non-hydrogen) atoms. The third-order valence-corrected chi connectivity index (χ3v) is 4.47. The quantitative estimate of drug-likeness (QED) is 0.642. The number of ether oxygens (including phenoxy) is 1. The van der Waals surface area contributed by atoms with Crippen LogP contribution < -0.4 is 21.1 Å². The molecule has 0 aliphatic heterocycles. The Balaban J connectivity index is 1.90. The van der Waals surface area contributed by atoms with E-state index in [0.717, 1.165) is 17.0 Å². The first kappa shape index (κ1) is 20.9. The molecule has 0 spiro atoms. The minimum Gasteiger partial charge on any atom is -0.491 e. The third kappa shape index (κ3) is 6.33. The third-order valence-electron chi connectivity index (χ3n) is 3.72. The van der Waals surface area contributed by atoms with E-state index in [1.807, 2.05) is 57.3 Å². The number of aromatic nitrogens is 1. The van der Waals surface area contributed by atoms with Gasteiger partial charge in [-0.3, -0.25) is 9.59 Å². The Morgan fingerprint density at radius 1 is 1.19 bits per heavy atom. The molecular formula is C19H26N4O3S. The van der Waals surface area contributed by atoms with Crippen molar-refractivity contribution < 1.29 is 14.3 Å². The van der Waals surface area contributed by atoms with E-state index in [4.69, 9.17) is 10.5 Å². The molecule has 1 atom stereocenters. The van der Waals surface area contributed by atoms with Gasteiger partial charge in [0.1, 0.15) is 5.75 Å². The van der Waals surface area contributed by atoms with E-state index >= 15 is 0 Å². The second-order valence-corrected chi connectivity index (χ2v) is 7.62. The van der Waals surface area contributed by atoms with Crippen LogP contribution in [-0.4, -0.2) is 35.5 Å². The molecule has 0 aliphatic carbocycles. The van der Waals surface area contributed by atoms with Gasteiger partial charge >= 0.3 is 0 Å². The van der Waals surface area contributed by atoms with Crippen molar-refractivity contribution in [2.24, 2.45) is 11.7 Å². The van der Waals surface area contributed by atoms with Crippen LogP contribution in [0, 0.1) is 5.92 Å². The molecule has 1 heterocycles. The number of nitrogens with zero attached hydrogens (tertiary/aromatic N) is 1. The predicted molar refractivity (Wildman–Crippen MR) is 108 cm³/mol. The zero-order chi connectivity index (χ0) is 20.0. The Morgan fingerprint density at radius 3 is 2.44 bits per heavy atom. The average Bonchev–Trinajstić information content (AvgIpc) is 3.07. The van der Waals surface area contributed by atoms with E-state index in [0.29, 0.717) is 5.13 Å². The van der Waals surface area contributed by atoms with Crippen LogP contribution in [-0.2, 0) is 9.59 Å².